The molecule has 194 valence electrons. The Balaban J connectivity index is 0.000000429. The molecule has 0 saturated carbocycles. The van der Waals surface area contributed by atoms with E-state index in [1.54, 1.807) is 18.3 Å². The standard InChI is InChI=1S/C17H16F5N3O2S.C2HF3O2/c18-11-12(19)14(21)16(15(22)13(11)20)28(26,27)25-8-7-24-6-1-3-10(24)17(25)4-2-5-23-9-17;3-2(4,5)1(6)7/h1,3,6,23H,2,4-5,7-9H2;(H,6,7). The number of benzene rings is 1. The lowest BCUT2D eigenvalue weighted by Crippen LogP contribution is -2.61. The Morgan fingerprint density at radius 2 is 1.54 bits per heavy atom. The van der Waals surface area contributed by atoms with Gasteiger partial charge in [0.15, 0.2) is 28.2 Å². The van der Waals surface area contributed by atoms with Gasteiger partial charge in [0.25, 0.3) is 0 Å². The van der Waals surface area contributed by atoms with Gasteiger partial charge in [-0.1, -0.05) is 0 Å². The molecule has 1 fully saturated rings. The molecular formula is C19H17F8N3O4S. The SMILES string of the molecule is O=C(O)C(F)(F)F.O=S(=O)(c1c(F)c(F)c(F)c(F)c1F)N1CCn2cccc2C12CCCNC2. The fraction of sp³-hybridized carbons (Fsp3) is 0.421. The number of piperidine rings is 1. The first-order valence-electron chi connectivity index (χ1n) is 9.87. The number of carboxylic acids is 1. The van der Waals surface area contributed by atoms with Crippen LogP contribution in [-0.4, -0.2) is 54.2 Å². The molecule has 7 nitrogen and oxygen atoms in total. The Morgan fingerprint density at radius 3 is 2.03 bits per heavy atom. The van der Waals surface area contributed by atoms with Gasteiger partial charge in [0, 0.05) is 31.5 Å². The van der Waals surface area contributed by atoms with Crippen LogP contribution in [0.15, 0.2) is 23.2 Å². The summed E-state index contributed by atoms with van der Waals surface area (Å²) in [6, 6.07) is 3.42. The summed E-state index contributed by atoms with van der Waals surface area (Å²) in [4.78, 5) is 7.08. The lowest BCUT2D eigenvalue weighted by molar-refractivity contribution is -0.192. The van der Waals surface area contributed by atoms with Crippen LogP contribution in [0.2, 0.25) is 0 Å². The van der Waals surface area contributed by atoms with Gasteiger partial charge >= 0.3 is 12.1 Å². The van der Waals surface area contributed by atoms with Crippen molar-refractivity contribution in [3.05, 3.63) is 53.1 Å². The first-order chi connectivity index (χ1) is 16.2. The van der Waals surface area contributed by atoms with Crippen LogP contribution < -0.4 is 5.32 Å². The van der Waals surface area contributed by atoms with Gasteiger partial charge in [0.05, 0.1) is 5.54 Å². The first-order valence-corrected chi connectivity index (χ1v) is 11.3. The molecular weight excluding hydrogens is 518 g/mol. The monoisotopic (exact) mass is 535 g/mol. The van der Waals surface area contributed by atoms with Crippen molar-refractivity contribution >= 4 is 16.0 Å². The molecule has 1 unspecified atom stereocenters. The number of aliphatic carboxylic acids is 1. The normalized spacial score (nSPS) is 20.8. The van der Waals surface area contributed by atoms with Crippen LogP contribution in [-0.2, 0) is 26.9 Å². The molecule has 0 amide bonds. The number of halogens is 8. The zero-order valence-electron chi connectivity index (χ0n) is 17.5. The number of aromatic nitrogens is 1. The molecule has 2 aliphatic heterocycles. The quantitative estimate of drug-likeness (QED) is 0.351. The van der Waals surface area contributed by atoms with Crippen molar-refractivity contribution in [3.63, 3.8) is 0 Å². The average molecular weight is 535 g/mol. The number of fused-ring (bicyclic) bond motifs is 2. The largest absolute Gasteiger partial charge is 0.490 e. The molecule has 16 heteroatoms. The number of rotatable bonds is 2. The van der Waals surface area contributed by atoms with Crippen LogP contribution >= 0.6 is 0 Å². The Hall–Kier alpha value is -2.72. The van der Waals surface area contributed by atoms with Gasteiger partial charge in [-0.25, -0.2) is 35.2 Å². The first kappa shape index (κ1) is 26.9. The van der Waals surface area contributed by atoms with Crippen molar-refractivity contribution in [3.8, 4) is 0 Å². The average Bonchev–Trinajstić information content (AvgIpc) is 3.27. The summed E-state index contributed by atoms with van der Waals surface area (Å²) in [5.74, 6) is -14.4. The molecule has 2 aliphatic rings. The molecule has 4 rings (SSSR count). The van der Waals surface area contributed by atoms with Crippen molar-refractivity contribution < 1.29 is 53.4 Å². The highest BCUT2D eigenvalue weighted by Gasteiger charge is 2.51. The van der Waals surface area contributed by atoms with E-state index in [0.717, 1.165) is 4.31 Å². The molecule has 2 N–H and O–H groups in total. The lowest BCUT2D eigenvalue weighted by atomic mass is 9.85. The Labute approximate surface area is 193 Å². The van der Waals surface area contributed by atoms with Crippen molar-refractivity contribution in [1.29, 1.82) is 0 Å². The predicted molar refractivity (Wildman–Crippen MR) is 102 cm³/mol. The highest BCUT2D eigenvalue weighted by Crippen LogP contribution is 2.42. The van der Waals surface area contributed by atoms with Gasteiger partial charge < -0.3 is 15.0 Å². The van der Waals surface area contributed by atoms with Crippen LogP contribution in [0.4, 0.5) is 35.1 Å². The molecule has 1 aromatic heterocycles. The van der Waals surface area contributed by atoms with E-state index in [1.807, 2.05) is 4.57 Å². The topological polar surface area (TPSA) is 91.6 Å². The van der Waals surface area contributed by atoms with Crippen LogP contribution in [0.1, 0.15) is 18.5 Å². The highest BCUT2D eigenvalue weighted by atomic mass is 32.2. The van der Waals surface area contributed by atoms with Gasteiger partial charge in [0.2, 0.25) is 15.8 Å². The van der Waals surface area contributed by atoms with E-state index in [4.69, 9.17) is 9.90 Å². The van der Waals surface area contributed by atoms with Crippen molar-refractivity contribution in [1.82, 2.24) is 14.2 Å². The molecule has 1 saturated heterocycles. The number of nitrogens with zero attached hydrogens (tertiary/aromatic N) is 2. The number of hydrogen-bond donors (Lipinski definition) is 2. The van der Waals surface area contributed by atoms with Crippen LogP contribution in [0, 0.1) is 29.1 Å². The second-order valence-electron chi connectivity index (χ2n) is 7.68. The third-order valence-electron chi connectivity index (χ3n) is 5.65. The van der Waals surface area contributed by atoms with E-state index in [-0.39, 0.29) is 19.6 Å². The second kappa shape index (κ2) is 9.39. The maximum Gasteiger partial charge on any atom is 0.490 e. The summed E-state index contributed by atoms with van der Waals surface area (Å²) in [7, 11) is -5.03. The van der Waals surface area contributed by atoms with Gasteiger partial charge in [-0.2, -0.15) is 17.5 Å². The van der Waals surface area contributed by atoms with Crippen LogP contribution in [0.25, 0.3) is 0 Å². The summed E-state index contributed by atoms with van der Waals surface area (Å²) in [5, 5.41) is 10.2. The number of carboxylic acid groups (broad SMARTS) is 1. The summed E-state index contributed by atoms with van der Waals surface area (Å²) in [6.45, 7) is 0.814. The summed E-state index contributed by atoms with van der Waals surface area (Å²) >= 11 is 0. The minimum absolute atomic E-state index is 0.158. The van der Waals surface area contributed by atoms with Gasteiger partial charge in [-0.3, -0.25) is 0 Å². The van der Waals surface area contributed by atoms with Gasteiger partial charge in [0.1, 0.15) is 0 Å². The molecule has 0 bridgehead atoms. The van der Waals surface area contributed by atoms with Crippen LogP contribution in [0.3, 0.4) is 0 Å². The number of sulfonamides is 1. The summed E-state index contributed by atoms with van der Waals surface area (Å²) < 4.78 is 130. The lowest BCUT2D eigenvalue weighted by Gasteiger charge is -2.48. The summed E-state index contributed by atoms with van der Waals surface area (Å²) in [5.41, 5.74) is -0.572. The number of hydrogen-bond acceptors (Lipinski definition) is 4. The Bertz CT molecular complexity index is 1210. The third-order valence-corrected chi connectivity index (χ3v) is 7.64. The van der Waals surface area contributed by atoms with Crippen molar-refractivity contribution in [2.24, 2.45) is 0 Å². The Kier molecular flexibility index (Phi) is 7.21. The van der Waals surface area contributed by atoms with Gasteiger partial charge in [-0.05, 0) is 31.5 Å². The summed E-state index contributed by atoms with van der Waals surface area (Å²) in [6.07, 6.45) is -2.40. The van der Waals surface area contributed by atoms with Crippen molar-refractivity contribution in [2.75, 3.05) is 19.6 Å². The van der Waals surface area contributed by atoms with E-state index in [1.165, 1.54) is 0 Å². The molecule has 2 aromatic rings. The number of nitrogens with one attached hydrogen (secondary N) is 1. The van der Waals surface area contributed by atoms with E-state index in [9.17, 15) is 43.5 Å². The molecule has 1 spiro atoms. The smallest absolute Gasteiger partial charge is 0.475 e. The van der Waals surface area contributed by atoms with E-state index in [2.05, 4.69) is 5.32 Å². The zero-order chi connectivity index (χ0) is 26.3. The fourth-order valence-corrected chi connectivity index (χ4v) is 6.05. The maximum atomic E-state index is 14.3. The Morgan fingerprint density at radius 1 is 1.00 bits per heavy atom. The minimum Gasteiger partial charge on any atom is -0.475 e. The third kappa shape index (κ3) is 4.61. The van der Waals surface area contributed by atoms with Crippen molar-refractivity contribution in [2.45, 2.75) is 36.0 Å². The molecule has 1 atom stereocenters. The second-order valence-corrected chi connectivity index (χ2v) is 9.48. The predicted octanol–water partition coefficient (Wildman–Crippen LogP) is 3.10. The highest BCUT2D eigenvalue weighted by molar-refractivity contribution is 7.89. The molecule has 0 aliphatic carbocycles. The minimum atomic E-state index is -5.08. The maximum absolute atomic E-state index is 14.3. The number of carbonyl (C=O) groups is 1. The van der Waals surface area contributed by atoms with E-state index < -0.39 is 61.7 Å². The fourth-order valence-electron chi connectivity index (χ4n) is 4.16. The number of alkyl halides is 3. The molecule has 35 heavy (non-hydrogen) atoms. The molecule has 0 radical (unpaired) electrons. The van der Waals surface area contributed by atoms with E-state index >= 15 is 0 Å². The molecule has 3 heterocycles. The van der Waals surface area contributed by atoms with Gasteiger partial charge in [-0.15, -0.1) is 0 Å². The molecule has 1 aromatic carbocycles. The zero-order valence-corrected chi connectivity index (χ0v) is 18.3. The van der Waals surface area contributed by atoms with Crippen LogP contribution in [0.5, 0.6) is 0 Å². The van der Waals surface area contributed by atoms with E-state index in [0.29, 0.717) is 25.1 Å².